The summed E-state index contributed by atoms with van der Waals surface area (Å²) in [6.07, 6.45) is 2.51. The van der Waals surface area contributed by atoms with Crippen LogP contribution in [0.3, 0.4) is 0 Å². The number of nitrogens with one attached hydrogen (secondary N) is 2. The molecule has 2 N–H and O–H groups in total. The summed E-state index contributed by atoms with van der Waals surface area (Å²) in [5.74, 6) is 1.82. The fourth-order valence-corrected chi connectivity index (χ4v) is 2.13. The van der Waals surface area contributed by atoms with Gasteiger partial charge in [-0.3, -0.25) is 0 Å². The third kappa shape index (κ3) is 2.88. The summed E-state index contributed by atoms with van der Waals surface area (Å²) in [5.41, 5.74) is 4.55. The number of hydrogen-bond acceptors (Lipinski definition) is 6. The van der Waals surface area contributed by atoms with Gasteiger partial charge >= 0.3 is 0 Å². The Bertz CT molecular complexity index is 386. The van der Waals surface area contributed by atoms with Crippen LogP contribution < -0.4 is 10.7 Å². The van der Waals surface area contributed by atoms with Crippen molar-refractivity contribution in [2.45, 2.75) is 13.3 Å². The van der Waals surface area contributed by atoms with E-state index >= 15 is 0 Å². The van der Waals surface area contributed by atoms with Crippen LogP contribution >= 0.6 is 0 Å². The van der Waals surface area contributed by atoms with E-state index in [-0.39, 0.29) is 0 Å². The van der Waals surface area contributed by atoms with E-state index in [9.17, 15) is 0 Å². The van der Waals surface area contributed by atoms with Crippen LogP contribution in [0.2, 0.25) is 0 Å². The largest absolute Gasteiger partial charge is 0.373 e. The van der Waals surface area contributed by atoms with Gasteiger partial charge in [0, 0.05) is 38.8 Å². The Kier molecular flexibility index (Phi) is 4.33. The molecule has 0 spiro atoms. The fourth-order valence-electron chi connectivity index (χ4n) is 2.13. The maximum atomic E-state index is 4.35. The zero-order chi connectivity index (χ0) is 13.0. The van der Waals surface area contributed by atoms with Gasteiger partial charge in [0.05, 0.1) is 0 Å². The van der Waals surface area contributed by atoms with E-state index < -0.39 is 0 Å². The zero-order valence-electron chi connectivity index (χ0n) is 11.4. The summed E-state index contributed by atoms with van der Waals surface area (Å²) in [5, 5.41) is 5.34. The van der Waals surface area contributed by atoms with Gasteiger partial charge in [-0.1, -0.05) is 6.92 Å². The number of rotatable bonds is 4. The second-order valence-corrected chi connectivity index (χ2v) is 4.56. The molecule has 1 fully saturated rings. The van der Waals surface area contributed by atoms with Crippen LogP contribution in [0, 0.1) is 0 Å². The second-order valence-electron chi connectivity index (χ2n) is 4.56. The number of aromatic nitrogens is 2. The molecule has 0 radical (unpaired) electrons. The first-order chi connectivity index (χ1) is 8.74. The molecule has 18 heavy (non-hydrogen) atoms. The standard InChI is InChI=1S/C12H22N6/c1-4-10-11(13-2)14-9-15-12(10)16-18-7-5-17(3)6-8-18/h9H,4-8H2,1-3H3,(H2,13,14,15,16). The summed E-state index contributed by atoms with van der Waals surface area (Å²) in [7, 11) is 4.04. The van der Waals surface area contributed by atoms with Gasteiger partial charge in [0.2, 0.25) is 0 Å². The Morgan fingerprint density at radius 2 is 1.83 bits per heavy atom. The third-order valence-electron chi connectivity index (χ3n) is 3.30. The molecule has 6 heteroatoms. The smallest absolute Gasteiger partial charge is 0.149 e. The molecule has 1 aliphatic heterocycles. The molecule has 1 aliphatic rings. The van der Waals surface area contributed by atoms with E-state index in [1.807, 2.05) is 7.05 Å². The maximum absolute atomic E-state index is 4.35. The average Bonchev–Trinajstić information content (AvgIpc) is 2.41. The van der Waals surface area contributed by atoms with Gasteiger partial charge < -0.3 is 15.6 Å². The lowest BCUT2D eigenvalue weighted by atomic mass is 10.2. The molecule has 0 atom stereocenters. The molecule has 1 saturated heterocycles. The molecule has 2 heterocycles. The van der Waals surface area contributed by atoms with E-state index in [0.29, 0.717) is 0 Å². The van der Waals surface area contributed by atoms with Crippen molar-refractivity contribution >= 4 is 11.6 Å². The minimum absolute atomic E-state index is 0.907. The number of anilines is 2. The van der Waals surface area contributed by atoms with Crippen molar-refractivity contribution in [3.63, 3.8) is 0 Å². The Hall–Kier alpha value is -1.40. The molecule has 0 saturated carbocycles. The Labute approximate surface area is 108 Å². The molecular formula is C12H22N6. The van der Waals surface area contributed by atoms with Crippen molar-refractivity contribution in [1.82, 2.24) is 19.9 Å². The number of hydrogen-bond donors (Lipinski definition) is 2. The Morgan fingerprint density at radius 1 is 1.17 bits per heavy atom. The zero-order valence-corrected chi connectivity index (χ0v) is 11.4. The van der Waals surface area contributed by atoms with Crippen LogP contribution in [0.1, 0.15) is 12.5 Å². The summed E-state index contributed by atoms with van der Waals surface area (Å²) < 4.78 is 0. The molecule has 6 nitrogen and oxygen atoms in total. The van der Waals surface area contributed by atoms with E-state index in [2.05, 4.69) is 44.6 Å². The normalized spacial score (nSPS) is 17.7. The molecule has 100 valence electrons. The topological polar surface area (TPSA) is 56.3 Å². The number of nitrogens with zero attached hydrogens (tertiary/aromatic N) is 4. The van der Waals surface area contributed by atoms with Gasteiger partial charge in [0.15, 0.2) is 0 Å². The highest BCUT2D eigenvalue weighted by Gasteiger charge is 2.16. The minimum atomic E-state index is 0.907. The molecular weight excluding hydrogens is 228 g/mol. The molecule has 0 unspecified atom stereocenters. The van der Waals surface area contributed by atoms with Gasteiger partial charge in [-0.2, -0.15) is 0 Å². The van der Waals surface area contributed by atoms with Crippen LogP contribution in [0.5, 0.6) is 0 Å². The first kappa shape index (κ1) is 13.0. The molecule has 1 aromatic heterocycles. The van der Waals surface area contributed by atoms with Crippen molar-refractivity contribution in [1.29, 1.82) is 0 Å². The highest BCUT2D eigenvalue weighted by atomic mass is 15.5. The molecule has 0 bridgehead atoms. The quantitative estimate of drug-likeness (QED) is 0.818. The average molecular weight is 250 g/mol. The Balaban J connectivity index is 2.09. The van der Waals surface area contributed by atoms with Crippen LogP contribution in [0.15, 0.2) is 6.33 Å². The van der Waals surface area contributed by atoms with E-state index in [1.165, 1.54) is 0 Å². The molecule has 0 amide bonds. The van der Waals surface area contributed by atoms with Crippen LogP contribution in [0.25, 0.3) is 0 Å². The van der Waals surface area contributed by atoms with Crippen molar-refractivity contribution in [2.24, 2.45) is 0 Å². The summed E-state index contributed by atoms with van der Waals surface area (Å²) >= 11 is 0. The monoisotopic (exact) mass is 250 g/mol. The van der Waals surface area contributed by atoms with Crippen LogP contribution in [-0.4, -0.2) is 60.2 Å². The molecule has 0 aliphatic carbocycles. The minimum Gasteiger partial charge on any atom is -0.373 e. The SMILES string of the molecule is CCc1c(NC)ncnc1NN1CCN(C)CC1. The van der Waals surface area contributed by atoms with Crippen molar-refractivity contribution in [2.75, 3.05) is 51.0 Å². The van der Waals surface area contributed by atoms with Gasteiger partial charge in [-0.25, -0.2) is 15.0 Å². The fraction of sp³-hybridized carbons (Fsp3) is 0.667. The second kappa shape index (κ2) is 5.97. The predicted octanol–water partition coefficient (Wildman–Crippen LogP) is 0.655. The molecule has 1 aromatic rings. The van der Waals surface area contributed by atoms with E-state index in [1.54, 1.807) is 6.33 Å². The highest BCUT2D eigenvalue weighted by molar-refractivity contribution is 5.56. The maximum Gasteiger partial charge on any atom is 0.149 e. The van der Waals surface area contributed by atoms with Gasteiger partial charge in [-0.15, -0.1) is 0 Å². The first-order valence-electron chi connectivity index (χ1n) is 6.46. The lowest BCUT2D eigenvalue weighted by Gasteiger charge is -2.33. The lowest BCUT2D eigenvalue weighted by molar-refractivity contribution is 0.178. The van der Waals surface area contributed by atoms with E-state index in [4.69, 9.17) is 0 Å². The summed E-state index contributed by atoms with van der Waals surface area (Å²) in [4.78, 5) is 10.9. The van der Waals surface area contributed by atoms with Crippen LogP contribution in [-0.2, 0) is 6.42 Å². The number of likely N-dealkylation sites (N-methyl/N-ethyl adjacent to an activating group) is 1. The Morgan fingerprint density at radius 3 is 2.44 bits per heavy atom. The molecule has 0 aromatic carbocycles. The highest BCUT2D eigenvalue weighted by Crippen LogP contribution is 2.20. The van der Waals surface area contributed by atoms with Gasteiger partial charge in [-0.05, 0) is 13.5 Å². The van der Waals surface area contributed by atoms with Crippen molar-refractivity contribution in [3.05, 3.63) is 11.9 Å². The number of hydrazine groups is 1. The summed E-state index contributed by atoms with van der Waals surface area (Å²) in [6, 6.07) is 0. The van der Waals surface area contributed by atoms with Crippen LogP contribution in [0.4, 0.5) is 11.6 Å². The van der Waals surface area contributed by atoms with E-state index in [0.717, 1.165) is 49.8 Å². The van der Waals surface area contributed by atoms with Crippen molar-refractivity contribution in [3.8, 4) is 0 Å². The summed E-state index contributed by atoms with van der Waals surface area (Å²) in [6.45, 7) is 6.31. The number of piperazine rings is 1. The van der Waals surface area contributed by atoms with Gasteiger partial charge in [0.25, 0.3) is 0 Å². The predicted molar refractivity (Wildman–Crippen MR) is 73.6 cm³/mol. The van der Waals surface area contributed by atoms with Crippen molar-refractivity contribution < 1.29 is 0 Å². The first-order valence-corrected chi connectivity index (χ1v) is 6.46. The molecule has 2 rings (SSSR count). The van der Waals surface area contributed by atoms with Gasteiger partial charge in [0.1, 0.15) is 18.0 Å². The third-order valence-corrected chi connectivity index (χ3v) is 3.30. The lowest BCUT2D eigenvalue weighted by Crippen LogP contribution is -2.47.